The van der Waals surface area contributed by atoms with E-state index in [0.717, 1.165) is 5.56 Å². The minimum atomic E-state index is -1.02. The second-order valence-electron chi connectivity index (χ2n) is 4.52. The molecule has 6 heteroatoms. The van der Waals surface area contributed by atoms with E-state index in [1.54, 1.807) is 37.3 Å². The number of hydrogen-bond acceptors (Lipinski definition) is 4. The van der Waals surface area contributed by atoms with Crippen molar-refractivity contribution >= 4 is 17.3 Å². The lowest BCUT2D eigenvalue weighted by Crippen LogP contribution is -2.07. The van der Waals surface area contributed by atoms with E-state index in [-0.39, 0.29) is 11.3 Å². The van der Waals surface area contributed by atoms with Crippen molar-refractivity contribution in [1.82, 2.24) is 0 Å². The number of rotatable bonds is 5. The van der Waals surface area contributed by atoms with Crippen LogP contribution in [0.15, 0.2) is 42.5 Å². The summed E-state index contributed by atoms with van der Waals surface area (Å²) in [6.07, 6.45) is 0. The van der Waals surface area contributed by atoms with Crippen molar-refractivity contribution in [1.29, 1.82) is 0 Å². The Morgan fingerprint density at radius 2 is 1.95 bits per heavy atom. The fraction of sp³-hybridized carbons (Fsp3) is 0.133. The van der Waals surface area contributed by atoms with Gasteiger partial charge in [-0.3, -0.25) is 10.1 Å². The normalized spacial score (nSPS) is 10.1. The summed E-state index contributed by atoms with van der Waals surface area (Å²) in [6.45, 7) is 2.00. The van der Waals surface area contributed by atoms with Gasteiger partial charge in [0, 0.05) is 23.9 Å². The van der Waals surface area contributed by atoms with Crippen LogP contribution in [0.3, 0.4) is 0 Å². The number of nitro benzene ring substituents is 1. The van der Waals surface area contributed by atoms with E-state index in [4.69, 9.17) is 5.11 Å². The van der Waals surface area contributed by atoms with Crippen LogP contribution in [0.5, 0.6) is 0 Å². The highest BCUT2D eigenvalue weighted by Gasteiger charge is 2.14. The molecule has 2 rings (SSSR count). The molecular formula is C15H14N2O4. The molecule has 2 N–H and O–H groups in total. The molecule has 0 amide bonds. The predicted octanol–water partition coefficient (Wildman–Crippen LogP) is 3.21. The van der Waals surface area contributed by atoms with Crippen molar-refractivity contribution in [3.05, 3.63) is 69.3 Å². The van der Waals surface area contributed by atoms with Crippen LogP contribution in [0.1, 0.15) is 21.5 Å². The van der Waals surface area contributed by atoms with Gasteiger partial charge in [0.05, 0.1) is 10.5 Å². The van der Waals surface area contributed by atoms with Gasteiger partial charge >= 0.3 is 5.97 Å². The van der Waals surface area contributed by atoms with Crippen LogP contribution in [-0.4, -0.2) is 16.0 Å². The number of hydrogen-bond donors (Lipinski definition) is 2. The Labute approximate surface area is 121 Å². The fourth-order valence-corrected chi connectivity index (χ4v) is 2.07. The number of carboxylic acids is 1. The first kappa shape index (κ1) is 14.5. The summed E-state index contributed by atoms with van der Waals surface area (Å²) in [5.74, 6) is -1.02. The number of carboxylic acid groups (broad SMARTS) is 1. The Kier molecular flexibility index (Phi) is 4.18. The number of nitro groups is 1. The highest BCUT2D eigenvalue weighted by molar-refractivity contribution is 5.94. The lowest BCUT2D eigenvalue weighted by molar-refractivity contribution is -0.385. The summed E-state index contributed by atoms with van der Waals surface area (Å²) in [5, 5.41) is 23.0. The van der Waals surface area contributed by atoms with E-state index >= 15 is 0 Å². The molecule has 0 aliphatic carbocycles. The predicted molar refractivity (Wildman–Crippen MR) is 78.6 cm³/mol. The van der Waals surface area contributed by atoms with Crippen molar-refractivity contribution in [3.8, 4) is 0 Å². The van der Waals surface area contributed by atoms with E-state index in [2.05, 4.69) is 5.32 Å². The second-order valence-corrected chi connectivity index (χ2v) is 4.52. The first-order valence-electron chi connectivity index (χ1n) is 6.29. The average molecular weight is 286 g/mol. The number of anilines is 1. The molecule has 0 saturated carbocycles. The van der Waals surface area contributed by atoms with Crippen molar-refractivity contribution in [3.63, 3.8) is 0 Å². The minimum Gasteiger partial charge on any atom is -0.478 e. The first-order valence-corrected chi connectivity index (χ1v) is 6.29. The molecule has 0 atom stereocenters. The number of aromatic carboxylic acids is 1. The van der Waals surface area contributed by atoms with Gasteiger partial charge in [-0.2, -0.15) is 0 Å². The standard InChI is InChI=1S/C15H14N2O4/c1-10-11(5-4-8-14(10)17(20)21)9-16-13-7-3-2-6-12(13)15(18)19/h2-8,16H,9H2,1H3,(H,18,19). The van der Waals surface area contributed by atoms with Crippen LogP contribution in [0.2, 0.25) is 0 Å². The monoisotopic (exact) mass is 286 g/mol. The average Bonchev–Trinajstić information content (AvgIpc) is 2.46. The van der Waals surface area contributed by atoms with Gasteiger partial charge in [-0.25, -0.2) is 4.79 Å². The minimum absolute atomic E-state index is 0.0563. The molecule has 0 aliphatic heterocycles. The quantitative estimate of drug-likeness (QED) is 0.650. The molecule has 2 aromatic carbocycles. The van der Waals surface area contributed by atoms with Gasteiger partial charge in [0.1, 0.15) is 0 Å². The Balaban J connectivity index is 2.23. The third-order valence-electron chi connectivity index (χ3n) is 3.24. The van der Waals surface area contributed by atoms with Gasteiger partial charge in [0.2, 0.25) is 0 Å². The largest absolute Gasteiger partial charge is 0.478 e. The Hall–Kier alpha value is -2.89. The summed E-state index contributed by atoms with van der Waals surface area (Å²) in [6, 6.07) is 11.4. The maximum atomic E-state index is 11.1. The molecule has 0 aromatic heterocycles. The van der Waals surface area contributed by atoms with Gasteiger partial charge in [-0.05, 0) is 24.6 Å². The molecule has 0 bridgehead atoms. The van der Waals surface area contributed by atoms with Gasteiger partial charge < -0.3 is 10.4 Å². The van der Waals surface area contributed by atoms with Crippen LogP contribution in [0, 0.1) is 17.0 Å². The third kappa shape index (κ3) is 3.17. The molecule has 0 heterocycles. The van der Waals surface area contributed by atoms with Crippen LogP contribution in [0.4, 0.5) is 11.4 Å². The van der Waals surface area contributed by atoms with Crippen molar-refractivity contribution in [2.45, 2.75) is 13.5 Å². The second kappa shape index (κ2) is 6.04. The molecule has 0 spiro atoms. The zero-order chi connectivity index (χ0) is 15.4. The summed E-state index contributed by atoms with van der Waals surface area (Å²) >= 11 is 0. The van der Waals surface area contributed by atoms with Crippen molar-refractivity contribution in [2.75, 3.05) is 5.32 Å². The molecule has 0 fully saturated rings. The topological polar surface area (TPSA) is 92.5 Å². The summed E-state index contributed by atoms with van der Waals surface area (Å²) in [4.78, 5) is 21.6. The van der Waals surface area contributed by atoms with Crippen LogP contribution in [-0.2, 0) is 6.54 Å². The number of benzene rings is 2. The Morgan fingerprint density at radius 1 is 1.24 bits per heavy atom. The molecule has 0 aliphatic rings. The summed E-state index contributed by atoms with van der Waals surface area (Å²) in [7, 11) is 0. The Bertz CT molecular complexity index is 698. The maximum absolute atomic E-state index is 11.1. The van der Waals surface area contributed by atoms with Crippen LogP contribution < -0.4 is 5.32 Å². The highest BCUT2D eigenvalue weighted by atomic mass is 16.6. The number of carbonyl (C=O) groups is 1. The lowest BCUT2D eigenvalue weighted by Gasteiger charge is -2.11. The number of para-hydroxylation sites is 1. The lowest BCUT2D eigenvalue weighted by atomic mass is 10.1. The molecule has 0 radical (unpaired) electrons. The summed E-state index contributed by atoms with van der Waals surface area (Å²) < 4.78 is 0. The van der Waals surface area contributed by atoms with Gasteiger partial charge in [0.15, 0.2) is 0 Å². The maximum Gasteiger partial charge on any atom is 0.337 e. The van der Waals surface area contributed by atoms with Crippen LogP contribution >= 0.6 is 0 Å². The van der Waals surface area contributed by atoms with Crippen molar-refractivity contribution < 1.29 is 14.8 Å². The molecule has 0 saturated heterocycles. The van der Waals surface area contributed by atoms with Gasteiger partial charge in [-0.15, -0.1) is 0 Å². The molecule has 108 valence electrons. The SMILES string of the molecule is Cc1c(CNc2ccccc2C(=O)O)cccc1[N+](=O)[O-]. The zero-order valence-electron chi connectivity index (χ0n) is 11.4. The van der Waals surface area contributed by atoms with E-state index < -0.39 is 10.9 Å². The van der Waals surface area contributed by atoms with E-state index in [9.17, 15) is 14.9 Å². The summed E-state index contributed by atoms with van der Waals surface area (Å²) in [5.41, 5.74) is 2.03. The molecule has 0 unspecified atom stereocenters. The fourth-order valence-electron chi connectivity index (χ4n) is 2.07. The number of nitrogens with zero attached hydrogens (tertiary/aromatic N) is 1. The van der Waals surface area contributed by atoms with E-state index in [1.165, 1.54) is 12.1 Å². The molecule has 2 aromatic rings. The Morgan fingerprint density at radius 3 is 2.62 bits per heavy atom. The first-order chi connectivity index (χ1) is 10.0. The zero-order valence-corrected chi connectivity index (χ0v) is 11.4. The smallest absolute Gasteiger partial charge is 0.337 e. The van der Waals surface area contributed by atoms with E-state index in [1.807, 2.05) is 0 Å². The molecule has 6 nitrogen and oxygen atoms in total. The third-order valence-corrected chi connectivity index (χ3v) is 3.24. The van der Waals surface area contributed by atoms with Crippen molar-refractivity contribution in [2.24, 2.45) is 0 Å². The van der Waals surface area contributed by atoms with Crippen LogP contribution in [0.25, 0.3) is 0 Å². The van der Waals surface area contributed by atoms with Gasteiger partial charge in [-0.1, -0.05) is 24.3 Å². The van der Waals surface area contributed by atoms with Gasteiger partial charge in [0.25, 0.3) is 5.69 Å². The number of nitrogens with one attached hydrogen (secondary N) is 1. The van der Waals surface area contributed by atoms with E-state index in [0.29, 0.717) is 17.8 Å². The highest BCUT2D eigenvalue weighted by Crippen LogP contribution is 2.23. The molecule has 21 heavy (non-hydrogen) atoms. The molecular weight excluding hydrogens is 272 g/mol.